The average molecular weight is 244 g/mol. The fourth-order valence-electron chi connectivity index (χ4n) is 1.49. The largest absolute Gasteiger partial charge is 0.370 e. The summed E-state index contributed by atoms with van der Waals surface area (Å²) < 4.78 is 0. The van der Waals surface area contributed by atoms with Crippen LogP contribution in [0.5, 0.6) is 0 Å². The van der Waals surface area contributed by atoms with Crippen molar-refractivity contribution >= 4 is 22.9 Å². The van der Waals surface area contributed by atoms with Gasteiger partial charge in [0, 0.05) is 38.5 Å². The monoisotopic (exact) mass is 244 g/mol. The number of thioether (sulfide) groups is 1. The van der Waals surface area contributed by atoms with E-state index in [1.54, 1.807) is 0 Å². The van der Waals surface area contributed by atoms with E-state index in [9.17, 15) is 0 Å². The van der Waals surface area contributed by atoms with Crippen molar-refractivity contribution in [1.82, 2.24) is 9.80 Å². The standard InChI is InChI=1S/C9H20N6S/c1-14-2-4-15(5-3-14)6-7-16-9(12)13-8(10)11/h2-7H2,1H3,(H5,10,11,12,13). The summed E-state index contributed by atoms with van der Waals surface area (Å²) in [5, 5.41) is 7.65. The van der Waals surface area contributed by atoms with E-state index in [0.29, 0.717) is 0 Å². The van der Waals surface area contributed by atoms with E-state index in [4.69, 9.17) is 16.9 Å². The molecule has 0 atom stereocenters. The van der Waals surface area contributed by atoms with Crippen molar-refractivity contribution < 1.29 is 0 Å². The van der Waals surface area contributed by atoms with Crippen molar-refractivity contribution in [3.8, 4) is 0 Å². The van der Waals surface area contributed by atoms with Crippen LogP contribution in [0.15, 0.2) is 4.99 Å². The van der Waals surface area contributed by atoms with Crippen LogP contribution < -0.4 is 11.5 Å². The SMILES string of the molecule is CN1CCN(CCSC(=N)N=C(N)N)CC1. The second kappa shape index (κ2) is 6.72. The molecule has 0 aliphatic carbocycles. The van der Waals surface area contributed by atoms with Gasteiger partial charge in [-0.15, -0.1) is 0 Å². The second-order valence-corrected chi connectivity index (χ2v) is 4.92. The summed E-state index contributed by atoms with van der Waals surface area (Å²) in [5.41, 5.74) is 10.4. The molecule has 0 bridgehead atoms. The molecule has 16 heavy (non-hydrogen) atoms. The quantitative estimate of drug-likeness (QED) is 0.445. The molecule has 1 aliphatic rings. The molecule has 1 rings (SSSR count). The van der Waals surface area contributed by atoms with Gasteiger partial charge in [-0.3, -0.25) is 10.3 Å². The zero-order valence-electron chi connectivity index (χ0n) is 9.65. The Hall–Kier alpha value is -0.790. The number of amidine groups is 1. The molecule has 6 nitrogen and oxygen atoms in total. The molecule has 0 saturated carbocycles. The van der Waals surface area contributed by atoms with Crippen LogP contribution in [0, 0.1) is 5.41 Å². The minimum atomic E-state index is -0.0444. The van der Waals surface area contributed by atoms with E-state index < -0.39 is 0 Å². The number of likely N-dealkylation sites (N-methyl/N-ethyl adjacent to an activating group) is 1. The lowest BCUT2D eigenvalue weighted by atomic mass is 10.3. The van der Waals surface area contributed by atoms with Gasteiger partial charge in [-0.05, 0) is 7.05 Å². The van der Waals surface area contributed by atoms with Crippen LogP contribution in [-0.4, -0.2) is 66.5 Å². The van der Waals surface area contributed by atoms with E-state index in [-0.39, 0.29) is 11.1 Å². The third-order valence-corrected chi connectivity index (χ3v) is 3.22. The Morgan fingerprint density at radius 1 is 1.31 bits per heavy atom. The van der Waals surface area contributed by atoms with Crippen molar-refractivity contribution in [2.45, 2.75) is 0 Å². The second-order valence-electron chi connectivity index (χ2n) is 3.84. The molecule has 1 aliphatic heterocycles. The van der Waals surface area contributed by atoms with Crippen molar-refractivity contribution in [3.63, 3.8) is 0 Å². The zero-order valence-corrected chi connectivity index (χ0v) is 10.5. The number of guanidine groups is 1. The molecule has 1 fully saturated rings. The third kappa shape index (κ3) is 5.34. The van der Waals surface area contributed by atoms with Gasteiger partial charge in [-0.2, -0.15) is 4.99 Å². The van der Waals surface area contributed by atoms with Gasteiger partial charge in [0.15, 0.2) is 11.1 Å². The Bertz CT molecular complexity index is 255. The maximum absolute atomic E-state index is 7.46. The molecule has 0 spiro atoms. The highest BCUT2D eigenvalue weighted by molar-refractivity contribution is 8.13. The first-order valence-electron chi connectivity index (χ1n) is 5.30. The molecule has 7 heteroatoms. The fourth-order valence-corrected chi connectivity index (χ4v) is 2.21. The van der Waals surface area contributed by atoms with E-state index in [2.05, 4.69) is 21.8 Å². The lowest BCUT2D eigenvalue weighted by Crippen LogP contribution is -2.45. The fraction of sp³-hybridized carbons (Fsp3) is 0.778. The molecule has 1 saturated heterocycles. The molecule has 5 N–H and O–H groups in total. The minimum Gasteiger partial charge on any atom is -0.370 e. The van der Waals surface area contributed by atoms with Crippen molar-refractivity contribution in [1.29, 1.82) is 5.41 Å². The summed E-state index contributed by atoms with van der Waals surface area (Å²) in [6.07, 6.45) is 0. The van der Waals surface area contributed by atoms with Gasteiger partial charge in [-0.1, -0.05) is 11.8 Å². The Balaban J connectivity index is 2.11. The number of rotatable bonds is 3. The molecular weight excluding hydrogens is 224 g/mol. The van der Waals surface area contributed by atoms with Crippen molar-refractivity contribution in [2.24, 2.45) is 16.5 Å². The van der Waals surface area contributed by atoms with Gasteiger partial charge < -0.3 is 16.4 Å². The van der Waals surface area contributed by atoms with Gasteiger partial charge in [0.1, 0.15) is 0 Å². The summed E-state index contributed by atoms with van der Waals surface area (Å²) in [4.78, 5) is 8.39. The first kappa shape index (κ1) is 13.3. The Labute approximate surface area is 101 Å². The van der Waals surface area contributed by atoms with Gasteiger partial charge in [0.2, 0.25) is 0 Å². The normalized spacial score (nSPS) is 18.3. The van der Waals surface area contributed by atoms with Gasteiger partial charge in [0.25, 0.3) is 0 Å². The summed E-state index contributed by atoms with van der Waals surface area (Å²) in [6, 6.07) is 0. The Morgan fingerprint density at radius 2 is 1.94 bits per heavy atom. The molecule has 1 heterocycles. The first-order valence-corrected chi connectivity index (χ1v) is 6.28. The summed E-state index contributed by atoms with van der Waals surface area (Å²) >= 11 is 1.38. The maximum Gasteiger partial charge on any atom is 0.193 e. The lowest BCUT2D eigenvalue weighted by molar-refractivity contribution is 0.161. The minimum absolute atomic E-state index is 0.0444. The highest BCUT2D eigenvalue weighted by Crippen LogP contribution is 2.06. The Morgan fingerprint density at radius 3 is 2.50 bits per heavy atom. The maximum atomic E-state index is 7.46. The number of hydrogen-bond donors (Lipinski definition) is 3. The lowest BCUT2D eigenvalue weighted by Gasteiger charge is -2.32. The van der Waals surface area contributed by atoms with E-state index in [0.717, 1.165) is 38.5 Å². The third-order valence-electron chi connectivity index (χ3n) is 2.47. The van der Waals surface area contributed by atoms with Crippen LogP contribution in [0.2, 0.25) is 0 Å². The number of aliphatic imine (C=N–C) groups is 1. The molecular formula is C9H20N6S. The molecule has 0 aromatic rings. The van der Waals surface area contributed by atoms with Crippen molar-refractivity contribution in [2.75, 3.05) is 45.5 Å². The summed E-state index contributed by atoms with van der Waals surface area (Å²) in [5.74, 6) is 0.816. The Kier molecular flexibility index (Phi) is 5.58. The molecule has 0 unspecified atom stereocenters. The van der Waals surface area contributed by atoms with Crippen molar-refractivity contribution in [3.05, 3.63) is 0 Å². The van der Waals surface area contributed by atoms with Crippen LogP contribution in [0.1, 0.15) is 0 Å². The molecule has 0 radical (unpaired) electrons. The van der Waals surface area contributed by atoms with E-state index >= 15 is 0 Å². The smallest absolute Gasteiger partial charge is 0.193 e. The average Bonchev–Trinajstić information content (AvgIpc) is 2.20. The number of nitrogens with zero attached hydrogens (tertiary/aromatic N) is 3. The van der Waals surface area contributed by atoms with Crippen LogP contribution in [0.4, 0.5) is 0 Å². The summed E-state index contributed by atoms with van der Waals surface area (Å²) in [7, 11) is 2.14. The topological polar surface area (TPSA) is 94.7 Å². The predicted molar refractivity (Wildman–Crippen MR) is 69.9 cm³/mol. The first-order chi connectivity index (χ1) is 7.58. The number of piperazine rings is 1. The highest BCUT2D eigenvalue weighted by Gasteiger charge is 2.13. The van der Waals surface area contributed by atoms with E-state index in [1.165, 1.54) is 11.8 Å². The van der Waals surface area contributed by atoms with Crippen LogP contribution in [-0.2, 0) is 0 Å². The molecule has 0 aromatic carbocycles. The zero-order chi connectivity index (χ0) is 12.0. The number of nitrogens with one attached hydrogen (secondary N) is 1. The van der Waals surface area contributed by atoms with Gasteiger partial charge >= 0.3 is 0 Å². The predicted octanol–water partition coefficient (Wildman–Crippen LogP) is -0.825. The number of nitrogens with two attached hydrogens (primary N) is 2. The number of hydrogen-bond acceptors (Lipinski definition) is 4. The van der Waals surface area contributed by atoms with E-state index in [1.807, 2.05) is 0 Å². The molecule has 0 aromatic heterocycles. The summed E-state index contributed by atoms with van der Waals surface area (Å²) in [6.45, 7) is 5.44. The van der Waals surface area contributed by atoms with Gasteiger partial charge in [0.05, 0.1) is 0 Å². The van der Waals surface area contributed by atoms with Crippen LogP contribution in [0.3, 0.4) is 0 Å². The van der Waals surface area contributed by atoms with Crippen LogP contribution in [0.25, 0.3) is 0 Å². The van der Waals surface area contributed by atoms with Crippen LogP contribution >= 0.6 is 11.8 Å². The highest BCUT2D eigenvalue weighted by atomic mass is 32.2. The van der Waals surface area contributed by atoms with Gasteiger partial charge in [-0.25, -0.2) is 0 Å². The molecule has 0 amide bonds. The molecule has 92 valence electrons.